The maximum atomic E-state index is 14.0. The fourth-order valence-electron chi connectivity index (χ4n) is 2.44. The van der Waals surface area contributed by atoms with E-state index >= 15 is 0 Å². The number of halogens is 3. The maximum absolute atomic E-state index is 14.0. The van der Waals surface area contributed by atoms with Crippen LogP contribution in [0.2, 0.25) is 0 Å². The molecule has 1 aliphatic rings. The fourth-order valence-corrected chi connectivity index (χ4v) is 3.27. The van der Waals surface area contributed by atoms with Crippen molar-refractivity contribution in [1.82, 2.24) is 5.32 Å². The molecule has 1 N–H and O–H groups in total. The molecule has 19 heavy (non-hydrogen) atoms. The Morgan fingerprint density at radius 3 is 2.37 bits per heavy atom. The molecule has 1 fully saturated rings. The molecule has 2 rings (SSSR count). The van der Waals surface area contributed by atoms with Crippen molar-refractivity contribution in [2.75, 3.05) is 12.8 Å². The Hall–Kier alpha value is -1.08. The second-order valence-corrected chi connectivity index (χ2v) is 6.95. The quantitative estimate of drug-likeness (QED) is 0.850. The predicted octanol–water partition coefficient (Wildman–Crippen LogP) is 2.11. The van der Waals surface area contributed by atoms with E-state index in [0.717, 1.165) is 12.5 Å². The van der Waals surface area contributed by atoms with E-state index in [9.17, 15) is 21.6 Å². The molecule has 106 valence electrons. The van der Waals surface area contributed by atoms with Crippen LogP contribution >= 0.6 is 0 Å². The summed E-state index contributed by atoms with van der Waals surface area (Å²) in [5, 5.41) is 2.98. The Balaban J connectivity index is 2.69. The van der Waals surface area contributed by atoms with Crippen molar-refractivity contribution in [2.45, 2.75) is 30.2 Å². The molecule has 7 heteroatoms. The average molecular weight is 293 g/mol. The van der Waals surface area contributed by atoms with Crippen LogP contribution in [0.25, 0.3) is 0 Å². The third kappa shape index (κ3) is 2.36. The number of hydrogen-bond donors (Lipinski definition) is 1. The molecule has 1 aromatic rings. The summed E-state index contributed by atoms with van der Waals surface area (Å²) in [4.78, 5) is -1.21. The molecule has 1 atom stereocenters. The van der Waals surface area contributed by atoms with Gasteiger partial charge in [-0.05, 0) is 32.4 Å². The Morgan fingerprint density at radius 1 is 1.26 bits per heavy atom. The zero-order valence-corrected chi connectivity index (χ0v) is 11.4. The van der Waals surface area contributed by atoms with Gasteiger partial charge >= 0.3 is 0 Å². The third-order valence-electron chi connectivity index (χ3n) is 3.45. The van der Waals surface area contributed by atoms with Crippen LogP contribution in [0.4, 0.5) is 13.2 Å². The fraction of sp³-hybridized carbons (Fsp3) is 0.500. The topological polar surface area (TPSA) is 46.2 Å². The first-order chi connectivity index (χ1) is 8.67. The Labute approximate surface area is 109 Å². The van der Waals surface area contributed by atoms with Gasteiger partial charge in [-0.2, -0.15) is 0 Å². The Morgan fingerprint density at radius 2 is 1.89 bits per heavy atom. The van der Waals surface area contributed by atoms with Crippen molar-refractivity contribution < 1.29 is 21.6 Å². The second kappa shape index (κ2) is 4.49. The first-order valence-corrected chi connectivity index (χ1v) is 7.69. The highest BCUT2D eigenvalue weighted by Gasteiger charge is 2.36. The minimum absolute atomic E-state index is 0.174. The average Bonchev–Trinajstić information content (AvgIpc) is 2.70. The zero-order chi connectivity index (χ0) is 14.4. The molecule has 0 radical (unpaired) electrons. The van der Waals surface area contributed by atoms with Crippen LogP contribution < -0.4 is 5.32 Å². The van der Waals surface area contributed by atoms with Gasteiger partial charge in [0, 0.05) is 17.4 Å². The molecule has 0 amide bonds. The predicted molar refractivity (Wildman–Crippen MR) is 64.0 cm³/mol. The summed E-state index contributed by atoms with van der Waals surface area (Å²) in [7, 11) is -4.16. The summed E-state index contributed by atoms with van der Waals surface area (Å²) in [5.41, 5.74) is -1.05. The van der Waals surface area contributed by atoms with E-state index in [-0.39, 0.29) is 5.56 Å². The first-order valence-electron chi connectivity index (χ1n) is 5.80. The summed E-state index contributed by atoms with van der Waals surface area (Å²) in [5.74, 6) is -4.21. The van der Waals surface area contributed by atoms with Crippen LogP contribution in [-0.2, 0) is 15.4 Å². The van der Waals surface area contributed by atoms with Gasteiger partial charge in [0.05, 0.1) is 0 Å². The van der Waals surface area contributed by atoms with Gasteiger partial charge in [-0.3, -0.25) is 0 Å². The van der Waals surface area contributed by atoms with E-state index in [1.807, 2.05) is 0 Å². The molecular weight excluding hydrogens is 279 g/mol. The largest absolute Gasteiger partial charge is 0.308 e. The summed E-state index contributed by atoms with van der Waals surface area (Å²) in [6.07, 6.45) is 1.93. The number of sulfone groups is 1. The van der Waals surface area contributed by atoms with Crippen molar-refractivity contribution in [3.05, 3.63) is 29.1 Å². The number of rotatable bonds is 2. The minimum Gasteiger partial charge on any atom is -0.308 e. The summed E-state index contributed by atoms with van der Waals surface area (Å²) in [6.45, 7) is 2.25. The van der Waals surface area contributed by atoms with Gasteiger partial charge in [0.2, 0.25) is 0 Å². The van der Waals surface area contributed by atoms with Crippen molar-refractivity contribution in [2.24, 2.45) is 0 Å². The molecule has 1 aliphatic heterocycles. The van der Waals surface area contributed by atoms with Gasteiger partial charge in [0.25, 0.3) is 0 Å². The zero-order valence-electron chi connectivity index (χ0n) is 10.6. The summed E-state index contributed by atoms with van der Waals surface area (Å²) >= 11 is 0. The number of nitrogens with one attached hydrogen (secondary N) is 1. The number of benzene rings is 1. The number of hydrogen-bond acceptors (Lipinski definition) is 3. The molecule has 3 nitrogen and oxygen atoms in total. The Kier molecular flexibility index (Phi) is 3.38. The van der Waals surface area contributed by atoms with Crippen LogP contribution in [0.15, 0.2) is 11.0 Å². The van der Waals surface area contributed by atoms with Gasteiger partial charge in [0.15, 0.2) is 21.5 Å². The van der Waals surface area contributed by atoms with E-state index in [4.69, 9.17) is 0 Å². The van der Waals surface area contributed by atoms with E-state index in [1.165, 1.54) is 0 Å². The van der Waals surface area contributed by atoms with Crippen LogP contribution in [0.3, 0.4) is 0 Å². The normalized spacial score (nSPS) is 23.8. The lowest BCUT2D eigenvalue weighted by atomic mass is 9.90. The standard InChI is InChI=1S/C12H14F3NO2S/c1-12(4-3-5-16-12)7-6-8(13)11(19(2,17)18)10(15)9(7)14/h6,16H,3-5H2,1-2H3. The lowest BCUT2D eigenvalue weighted by Crippen LogP contribution is -2.35. The molecule has 1 aromatic carbocycles. The highest BCUT2D eigenvalue weighted by molar-refractivity contribution is 7.90. The molecule has 0 aliphatic carbocycles. The van der Waals surface area contributed by atoms with Crippen LogP contribution in [0.5, 0.6) is 0 Å². The summed E-state index contributed by atoms with van der Waals surface area (Å²) < 4.78 is 64.2. The first kappa shape index (κ1) is 14.3. The smallest absolute Gasteiger partial charge is 0.181 e. The van der Waals surface area contributed by atoms with Gasteiger partial charge in [0.1, 0.15) is 10.7 Å². The molecular formula is C12H14F3NO2S. The summed E-state index contributed by atoms with van der Waals surface area (Å²) in [6, 6.07) is 0.771. The van der Waals surface area contributed by atoms with E-state index in [1.54, 1.807) is 6.92 Å². The van der Waals surface area contributed by atoms with Crippen molar-refractivity contribution >= 4 is 9.84 Å². The minimum atomic E-state index is -4.16. The van der Waals surface area contributed by atoms with Gasteiger partial charge in [-0.1, -0.05) is 0 Å². The van der Waals surface area contributed by atoms with Crippen molar-refractivity contribution in [1.29, 1.82) is 0 Å². The monoisotopic (exact) mass is 293 g/mol. The Bertz CT molecular complexity index is 622. The van der Waals surface area contributed by atoms with Crippen LogP contribution in [0.1, 0.15) is 25.3 Å². The van der Waals surface area contributed by atoms with Gasteiger partial charge < -0.3 is 5.32 Å². The molecule has 1 heterocycles. The molecule has 1 unspecified atom stereocenters. The lowest BCUT2D eigenvalue weighted by Gasteiger charge is -2.26. The third-order valence-corrected chi connectivity index (χ3v) is 4.57. The maximum Gasteiger partial charge on any atom is 0.181 e. The van der Waals surface area contributed by atoms with Crippen molar-refractivity contribution in [3.63, 3.8) is 0 Å². The highest BCUT2D eigenvalue weighted by Crippen LogP contribution is 2.35. The van der Waals surface area contributed by atoms with Gasteiger partial charge in [-0.15, -0.1) is 0 Å². The van der Waals surface area contributed by atoms with E-state index in [2.05, 4.69) is 5.32 Å². The van der Waals surface area contributed by atoms with Crippen LogP contribution in [0, 0.1) is 17.5 Å². The molecule has 0 bridgehead atoms. The SMILES string of the molecule is CC1(c2cc(F)c(S(C)(=O)=O)c(F)c2F)CCCN1. The van der Waals surface area contributed by atoms with Crippen molar-refractivity contribution in [3.8, 4) is 0 Å². The van der Waals surface area contributed by atoms with E-state index in [0.29, 0.717) is 19.2 Å². The molecule has 0 saturated carbocycles. The van der Waals surface area contributed by atoms with E-state index < -0.39 is 37.7 Å². The molecule has 1 saturated heterocycles. The van der Waals surface area contributed by atoms with Gasteiger partial charge in [-0.25, -0.2) is 21.6 Å². The molecule has 0 aromatic heterocycles. The molecule has 0 spiro atoms. The lowest BCUT2D eigenvalue weighted by molar-refractivity contribution is 0.379. The van der Waals surface area contributed by atoms with Crippen LogP contribution in [-0.4, -0.2) is 21.2 Å². The second-order valence-electron chi connectivity index (χ2n) is 5.00. The highest BCUT2D eigenvalue weighted by atomic mass is 32.2.